The third kappa shape index (κ3) is 2.20. The van der Waals surface area contributed by atoms with Gasteiger partial charge in [-0.15, -0.1) is 0 Å². The smallest absolute Gasteiger partial charge is 0.272 e. The van der Waals surface area contributed by atoms with E-state index < -0.39 is 0 Å². The lowest BCUT2D eigenvalue weighted by Crippen LogP contribution is -2.28. The van der Waals surface area contributed by atoms with Gasteiger partial charge in [0.25, 0.3) is 0 Å². The molecule has 1 heterocycles. The molecule has 1 aromatic rings. The second kappa shape index (κ2) is 4.57. The Morgan fingerprint density at radius 3 is 2.87 bits per heavy atom. The molecule has 2 rings (SSSR count). The van der Waals surface area contributed by atoms with Gasteiger partial charge in [-0.3, -0.25) is 9.67 Å². The molecule has 0 saturated heterocycles. The summed E-state index contributed by atoms with van der Waals surface area (Å²) in [6.07, 6.45) is 6.69. The highest BCUT2D eigenvalue weighted by Gasteiger charge is 2.24. The van der Waals surface area contributed by atoms with Gasteiger partial charge in [-0.25, -0.2) is 9.89 Å². The Bertz CT molecular complexity index is 406. The Balaban J connectivity index is 2.24. The molecule has 6 heteroatoms. The van der Waals surface area contributed by atoms with Crippen LogP contribution in [0, 0.1) is 4.77 Å². The number of thioether (sulfide) groups is 1. The van der Waals surface area contributed by atoms with Crippen molar-refractivity contribution in [2.75, 3.05) is 6.26 Å². The summed E-state index contributed by atoms with van der Waals surface area (Å²) in [5, 5.41) is 5.91. The summed E-state index contributed by atoms with van der Waals surface area (Å²) < 4.78 is 2.21. The fraction of sp³-hybridized carbons (Fsp3) is 0.778. The first-order valence-corrected chi connectivity index (χ1v) is 6.84. The van der Waals surface area contributed by atoms with E-state index in [4.69, 9.17) is 12.2 Å². The molecule has 1 aliphatic carbocycles. The summed E-state index contributed by atoms with van der Waals surface area (Å²) in [6, 6.07) is 0.277. The van der Waals surface area contributed by atoms with Crippen LogP contribution in [0.1, 0.15) is 31.7 Å². The maximum absolute atomic E-state index is 11.5. The minimum Gasteiger partial charge on any atom is -0.272 e. The van der Waals surface area contributed by atoms with Crippen molar-refractivity contribution in [3.05, 3.63) is 15.3 Å². The molecular formula is C9H15N3OS2. The van der Waals surface area contributed by atoms with Gasteiger partial charge < -0.3 is 0 Å². The second-order valence-corrected chi connectivity index (χ2v) is 5.43. The number of nitrogens with zero attached hydrogens (tertiary/aromatic N) is 1. The molecule has 0 radical (unpaired) electrons. The zero-order valence-electron chi connectivity index (χ0n) is 8.66. The molecule has 0 aromatic carbocycles. The fourth-order valence-corrected chi connectivity index (χ4v) is 3.32. The average Bonchev–Trinajstić information content (AvgIpc) is 2.59. The molecule has 84 valence electrons. The van der Waals surface area contributed by atoms with Crippen LogP contribution in [0.5, 0.6) is 0 Å². The third-order valence-corrected chi connectivity index (χ3v) is 4.40. The number of aromatic amines is 2. The Morgan fingerprint density at radius 2 is 2.27 bits per heavy atom. The lowest BCUT2D eigenvalue weighted by molar-refractivity contribution is 0.351. The Morgan fingerprint density at radius 1 is 1.47 bits per heavy atom. The summed E-state index contributed by atoms with van der Waals surface area (Å²) in [4.78, 5) is 11.5. The standard InChI is InChI=1S/C9H15N3OS2/c1-15-7-4-2-3-6(5-7)12-8(13)10-11-9(12)14/h6-7H,2-5H2,1H3,(H,10,13)(H,11,14). The zero-order chi connectivity index (χ0) is 10.8. The number of aromatic nitrogens is 3. The van der Waals surface area contributed by atoms with E-state index in [2.05, 4.69) is 16.5 Å². The highest BCUT2D eigenvalue weighted by molar-refractivity contribution is 7.99. The molecule has 0 amide bonds. The molecule has 0 bridgehead atoms. The minimum absolute atomic E-state index is 0.105. The van der Waals surface area contributed by atoms with E-state index >= 15 is 0 Å². The van der Waals surface area contributed by atoms with Gasteiger partial charge in [0.2, 0.25) is 0 Å². The van der Waals surface area contributed by atoms with Crippen LogP contribution < -0.4 is 5.69 Å². The molecule has 2 atom stereocenters. The predicted octanol–water partition coefficient (Wildman–Crippen LogP) is 2.08. The van der Waals surface area contributed by atoms with Crippen molar-refractivity contribution >= 4 is 24.0 Å². The molecular weight excluding hydrogens is 230 g/mol. The van der Waals surface area contributed by atoms with Crippen molar-refractivity contribution in [1.82, 2.24) is 14.8 Å². The largest absolute Gasteiger partial charge is 0.342 e. The summed E-state index contributed by atoms with van der Waals surface area (Å²) >= 11 is 6.99. The van der Waals surface area contributed by atoms with Crippen molar-refractivity contribution in [3.63, 3.8) is 0 Å². The van der Waals surface area contributed by atoms with Gasteiger partial charge in [-0.2, -0.15) is 11.8 Å². The number of nitrogens with one attached hydrogen (secondary N) is 2. The van der Waals surface area contributed by atoms with Crippen LogP contribution in [0.4, 0.5) is 0 Å². The number of hydrogen-bond acceptors (Lipinski definition) is 3. The second-order valence-electron chi connectivity index (χ2n) is 3.91. The lowest BCUT2D eigenvalue weighted by Gasteiger charge is -2.27. The SMILES string of the molecule is CSC1CCCC(n2c(=O)[nH][nH]c2=S)C1. The van der Waals surface area contributed by atoms with Gasteiger partial charge >= 0.3 is 5.69 Å². The summed E-state index contributed by atoms with van der Waals surface area (Å²) in [5.41, 5.74) is -0.105. The van der Waals surface area contributed by atoms with Crippen LogP contribution in [-0.2, 0) is 0 Å². The quantitative estimate of drug-likeness (QED) is 0.784. The Labute approximate surface area is 97.5 Å². The zero-order valence-corrected chi connectivity index (χ0v) is 10.3. The molecule has 0 spiro atoms. The molecule has 1 fully saturated rings. The topological polar surface area (TPSA) is 53.6 Å². The highest BCUT2D eigenvalue weighted by atomic mass is 32.2. The molecule has 1 aromatic heterocycles. The van der Waals surface area contributed by atoms with Crippen LogP contribution in [0.15, 0.2) is 4.79 Å². The van der Waals surface area contributed by atoms with E-state index in [1.54, 1.807) is 4.57 Å². The van der Waals surface area contributed by atoms with Crippen LogP contribution in [0.25, 0.3) is 0 Å². The first-order valence-electron chi connectivity index (χ1n) is 5.14. The number of hydrogen-bond donors (Lipinski definition) is 2. The van der Waals surface area contributed by atoms with Crippen molar-refractivity contribution in [3.8, 4) is 0 Å². The van der Waals surface area contributed by atoms with Crippen molar-refractivity contribution in [2.24, 2.45) is 0 Å². The normalized spacial score (nSPS) is 26.7. The summed E-state index contributed by atoms with van der Waals surface area (Å²) in [7, 11) is 0. The molecule has 1 aliphatic rings. The first-order chi connectivity index (χ1) is 7.22. The van der Waals surface area contributed by atoms with E-state index in [0.717, 1.165) is 12.8 Å². The van der Waals surface area contributed by atoms with Crippen LogP contribution in [-0.4, -0.2) is 26.3 Å². The molecule has 2 N–H and O–H groups in total. The molecule has 0 aliphatic heterocycles. The van der Waals surface area contributed by atoms with Gasteiger partial charge in [0.05, 0.1) is 0 Å². The molecule has 1 saturated carbocycles. The fourth-order valence-electron chi connectivity index (χ4n) is 2.22. The maximum atomic E-state index is 11.5. The van der Waals surface area contributed by atoms with Crippen molar-refractivity contribution < 1.29 is 0 Å². The minimum atomic E-state index is -0.105. The lowest BCUT2D eigenvalue weighted by atomic mass is 9.95. The van der Waals surface area contributed by atoms with E-state index in [1.807, 2.05) is 11.8 Å². The number of rotatable bonds is 2. The van der Waals surface area contributed by atoms with Gasteiger partial charge in [-0.05, 0) is 37.7 Å². The number of H-pyrrole nitrogens is 2. The average molecular weight is 245 g/mol. The van der Waals surface area contributed by atoms with Crippen LogP contribution >= 0.6 is 24.0 Å². The maximum Gasteiger partial charge on any atom is 0.342 e. The van der Waals surface area contributed by atoms with Gasteiger partial charge in [0, 0.05) is 11.3 Å². The highest BCUT2D eigenvalue weighted by Crippen LogP contribution is 2.33. The van der Waals surface area contributed by atoms with Gasteiger partial charge in [-0.1, -0.05) is 6.42 Å². The van der Waals surface area contributed by atoms with E-state index in [9.17, 15) is 4.79 Å². The van der Waals surface area contributed by atoms with E-state index in [1.165, 1.54) is 12.8 Å². The van der Waals surface area contributed by atoms with Crippen molar-refractivity contribution in [2.45, 2.75) is 37.0 Å². The van der Waals surface area contributed by atoms with Crippen LogP contribution in [0.3, 0.4) is 0 Å². The first kappa shape index (κ1) is 11.0. The monoisotopic (exact) mass is 245 g/mol. The molecule has 15 heavy (non-hydrogen) atoms. The van der Waals surface area contributed by atoms with Crippen LogP contribution in [0.2, 0.25) is 0 Å². The van der Waals surface area contributed by atoms with E-state index in [-0.39, 0.29) is 11.7 Å². The predicted molar refractivity (Wildman–Crippen MR) is 65.0 cm³/mol. The third-order valence-electron chi connectivity index (χ3n) is 3.01. The van der Waals surface area contributed by atoms with Crippen molar-refractivity contribution in [1.29, 1.82) is 0 Å². The van der Waals surface area contributed by atoms with Gasteiger partial charge in [0.1, 0.15) is 0 Å². The van der Waals surface area contributed by atoms with Gasteiger partial charge in [0.15, 0.2) is 4.77 Å². The van der Waals surface area contributed by atoms with E-state index in [0.29, 0.717) is 10.0 Å². The molecule has 2 unspecified atom stereocenters. The summed E-state index contributed by atoms with van der Waals surface area (Å²) in [6.45, 7) is 0. The Kier molecular flexibility index (Phi) is 3.35. The Hall–Kier alpha value is -0.490. The summed E-state index contributed by atoms with van der Waals surface area (Å²) in [5.74, 6) is 0. The molecule has 4 nitrogen and oxygen atoms in total.